The van der Waals surface area contributed by atoms with Gasteiger partial charge < -0.3 is 14.2 Å². The van der Waals surface area contributed by atoms with E-state index in [1.165, 1.54) is 56.6 Å². The van der Waals surface area contributed by atoms with Crippen LogP contribution in [0.2, 0.25) is 0 Å². The maximum Gasteiger partial charge on any atom is 0.419 e. The number of alkyl halides is 3. The molecule has 180 valence electrons. The molecule has 2 heterocycles. The van der Waals surface area contributed by atoms with E-state index < -0.39 is 23.6 Å². The minimum absolute atomic E-state index is 0.139. The Morgan fingerprint density at radius 1 is 1.06 bits per heavy atom. The summed E-state index contributed by atoms with van der Waals surface area (Å²) >= 11 is 1.07. The molecule has 4 rings (SSSR count). The molecule has 1 N–H and O–H groups in total. The van der Waals surface area contributed by atoms with Crippen LogP contribution in [0.1, 0.15) is 23.0 Å². The maximum absolute atomic E-state index is 13.2. The summed E-state index contributed by atoms with van der Waals surface area (Å²) in [6.07, 6.45) is -3.25. The third kappa shape index (κ3) is 5.32. The van der Waals surface area contributed by atoms with E-state index in [0.717, 1.165) is 17.4 Å². The lowest BCUT2D eigenvalue weighted by Crippen LogP contribution is -2.17. The molecule has 12 heteroatoms. The van der Waals surface area contributed by atoms with Gasteiger partial charge in [0.15, 0.2) is 16.6 Å². The number of esters is 1. The number of methoxy groups -OCH3 is 1. The number of anilines is 1. The number of fused-ring (bicyclic) bond motifs is 1. The van der Waals surface area contributed by atoms with E-state index in [0.29, 0.717) is 10.2 Å². The highest BCUT2D eigenvalue weighted by molar-refractivity contribution is 7.22. The van der Waals surface area contributed by atoms with E-state index >= 15 is 0 Å². The van der Waals surface area contributed by atoms with E-state index in [4.69, 9.17) is 14.2 Å². The molecule has 0 radical (unpaired) electrons. The van der Waals surface area contributed by atoms with Crippen LogP contribution in [-0.2, 0) is 11.0 Å². The Balaban J connectivity index is 1.59. The normalized spacial score (nSPS) is 11.2. The number of rotatable bonds is 6. The summed E-state index contributed by atoms with van der Waals surface area (Å²) in [5.74, 6) is -1.52. The number of thiazole rings is 1. The molecule has 0 atom stereocenters. The second kappa shape index (κ2) is 9.58. The standard InChI is InChI=1S/C23H16F3N3O5S/c1-12(30)33-20-17(32-2)9-10-27-19(20)21(31)29-22-28-15-8-7-13(11-18(15)35-22)34-16-6-4-3-5-14(16)23(24,25)26/h3-11H,1-2H3,(H,28,29,31). The van der Waals surface area contributed by atoms with E-state index in [1.807, 2.05) is 0 Å². The van der Waals surface area contributed by atoms with Crippen molar-refractivity contribution in [3.05, 3.63) is 66.0 Å². The van der Waals surface area contributed by atoms with Crippen molar-refractivity contribution in [1.82, 2.24) is 9.97 Å². The Kier molecular flexibility index (Phi) is 6.56. The van der Waals surface area contributed by atoms with Crippen LogP contribution in [0.25, 0.3) is 10.2 Å². The molecule has 0 unspecified atom stereocenters. The molecule has 0 aliphatic rings. The Morgan fingerprint density at radius 3 is 2.54 bits per heavy atom. The highest BCUT2D eigenvalue weighted by Crippen LogP contribution is 2.39. The van der Waals surface area contributed by atoms with Gasteiger partial charge in [-0.3, -0.25) is 14.9 Å². The molecule has 8 nitrogen and oxygen atoms in total. The SMILES string of the molecule is COc1ccnc(C(=O)Nc2nc3ccc(Oc4ccccc4C(F)(F)F)cc3s2)c1OC(C)=O. The van der Waals surface area contributed by atoms with Crippen molar-refractivity contribution in [2.45, 2.75) is 13.1 Å². The lowest BCUT2D eigenvalue weighted by Gasteiger charge is -2.13. The highest BCUT2D eigenvalue weighted by atomic mass is 32.1. The lowest BCUT2D eigenvalue weighted by molar-refractivity contribution is -0.138. The maximum atomic E-state index is 13.2. The van der Waals surface area contributed by atoms with Gasteiger partial charge in [-0.1, -0.05) is 23.5 Å². The minimum atomic E-state index is -4.57. The third-order valence-electron chi connectivity index (χ3n) is 4.55. The summed E-state index contributed by atoms with van der Waals surface area (Å²) < 4.78 is 56.0. The number of benzene rings is 2. The number of para-hydroxylation sites is 1. The average molecular weight is 503 g/mol. The molecule has 35 heavy (non-hydrogen) atoms. The number of hydrogen-bond acceptors (Lipinski definition) is 8. The molecule has 0 bridgehead atoms. The average Bonchev–Trinajstić information content (AvgIpc) is 3.20. The number of aromatic nitrogens is 2. The zero-order chi connectivity index (χ0) is 25.2. The third-order valence-corrected chi connectivity index (χ3v) is 5.48. The van der Waals surface area contributed by atoms with Crippen molar-refractivity contribution in [2.75, 3.05) is 12.4 Å². The molecular formula is C23H16F3N3O5S. The number of amides is 1. The van der Waals surface area contributed by atoms with Crippen LogP contribution in [0.4, 0.5) is 18.3 Å². The molecule has 0 spiro atoms. The van der Waals surface area contributed by atoms with E-state index in [9.17, 15) is 22.8 Å². The molecule has 0 fully saturated rings. The van der Waals surface area contributed by atoms with Gasteiger partial charge in [-0.15, -0.1) is 0 Å². The molecule has 0 saturated heterocycles. The van der Waals surface area contributed by atoms with Crippen molar-refractivity contribution in [2.24, 2.45) is 0 Å². The van der Waals surface area contributed by atoms with E-state index in [-0.39, 0.29) is 33.8 Å². The van der Waals surface area contributed by atoms with Gasteiger partial charge in [0.25, 0.3) is 5.91 Å². The van der Waals surface area contributed by atoms with Crippen LogP contribution in [0.15, 0.2) is 54.7 Å². The summed E-state index contributed by atoms with van der Waals surface area (Å²) in [5, 5.41) is 2.77. The van der Waals surface area contributed by atoms with Crippen molar-refractivity contribution >= 4 is 38.6 Å². The molecule has 0 saturated carbocycles. The number of nitrogens with zero attached hydrogens (tertiary/aromatic N) is 2. The molecular weight excluding hydrogens is 487 g/mol. The van der Waals surface area contributed by atoms with Gasteiger partial charge in [0.2, 0.25) is 5.75 Å². The quantitative estimate of drug-likeness (QED) is 0.338. The predicted molar refractivity (Wildman–Crippen MR) is 121 cm³/mol. The molecule has 0 aliphatic heterocycles. The Hall–Kier alpha value is -4.19. The number of hydrogen-bond donors (Lipinski definition) is 1. The summed E-state index contributed by atoms with van der Waals surface area (Å²) in [7, 11) is 1.35. The van der Waals surface area contributed by atoms with Gasteiger partial charge in [-0.2, -0.15) is 13.2 Å². The van der Waals surface area contributed by atoms with Crippen LogP contribution in [-0.4, -0.2) is 29.0 Å². The number of pyridine rings is 1. The highest BCUT2D eigenvalue weighted by Gasteiger charge is 2.34. The Morgan fingerprint density at radius 2 is 1.83 bits per heavy atom. The molecule has 1 amide bonds. The molecule has 2 aromatic heterocycles. The first-order valence-electron chi connectivity index (χ1n) is 9.93. The second-order valence-electron chi connectivity index (χ2n) is 6.98. The number of halogens is 3. The van der Waals surface area contributed by atoms with Crippen LogP contribution in [0.3, 0.4) is 0 Å². The van der Waals surface area contributed by atoms with Crippen LogP contribution in [0, 0.1) is 0 Å². The number of carbonyl (C=O) groups excluding carboxylic acids is 2. The van der Waals surface area contributed by atoms with Crippen LogP contribution in [0.5, 0.6) is 23.0 Å². The monoisotopic (exact) mass is 503 g/mol. The topological polar surface area (TPSA) is 99.6 Å². The first-order valence-corrected chi connectivity index (χ1v) is 10.7. The summed E-state index contributed by atoms with van der Waals surface area (Å²) in [4.78, 5) is 32.5. The minimum Gasteiger partial charge on any atom is -0.493 e. The molecule has 4 aromatic rings. The zero-order valence-corrected chi connectivity index (χ0v) is 19.0. The number of ether oxygens (including phenoxy) is 3. The van der Waals surface area contributed by atoms with Gasteiger partial charge in [-0.05, 0) is 24.3 Å². The number of carbonyl (C=O) groups is 2. The summed E-state index contributed by atoms with van der Waals surface area (Å²) in [5.41, 5.74) is -0.598. The largest absolute Gasteiger partial charge is 0.493 e. The van der Waals surface area contributed by atoms with Gasteiger partial charge in [0, 0.05) is 25.3 Å². The number of nitrogens with one attached hydrogen (secondary N) is 1. The fourth-order valence-corrected chi connectivity index (χ4v) is 3.98. The van der Waals surface area contributed by atoms with Gasteiger partial charge in [-0.25, -0.2) is 9.97 Å². The van der Waals surface area contributed by atoms with Crippen LogP contribution < -0.4 is 19.5 Å². The summed E-state index contributed by atoms with van der Waals surface area (Å²) in [6, 6.07) is 10.9. The first kappa shape index (κ1) is 24.0. The summed E-state index contributed by atoms with van der Waals surface area (Å²) in [6.45, 7) is 1.18. The molecule has 2 aromatic carbocycles. The van der Waals surface area contributed by atoms with E-state index in [1.54, 1.807) is 6.07 Å². The van der Waals surface area contributed by atoms with Gasteiger partial charge in [0.05, 0.1) is 22.9 Å². The molecule has 0 aliphatic carbocycles. The Labute approximate surface area is 200 Å². The van der Waals surface area contributed by atoms with Crippen molar-refractivity contribution in [3.63, 3.8) is 0 Å². The predicted octanol–water partition coefficient (Wildman–Crippen LogP) is 5.69. The van der Waals surface area contributed by atoms with Crippen molar-refractivity contribution in [1.29, 1.82) is 0 Å². The van der Waals surface area contributed by atoms with Gasteiger partial charge in [0.1, 0.15) is 11.5 Å². The fourth-order valence-electron chi connectivity index (χ4n) is 3.09. The second-order valence-corrected chi connectivity index (χ2v) is 8.01. The fraction of sp³-hybridized carbons (Fsp3) is 0.130. The zero-order valence-electron chi connectivity index (χ0n) is 18.2. The smallest absolute Gasteiger partial charge is 0.419 e. The van der Waals surface area contributed by atoms with Gasteiger partial charge >= 0.3 is 12.1 Å². The Bertz CT molecular complexity index is 1420. The van der Waals surface area contributed by atoms with Crippen molar-refractivity contribution < 1.29 is 37.0 Å². The first-order chi connectivity index (χ1) is 16.7. The van der Waals surface area contributed by atoms with E-state index in [2.05, 4.69) is 15.3 Å². The lowest BCUT2D eigenvalue weighted by atomic mass is 10.2. The van der Waals surface area contributed by atoms with Crippen LogP contribution >= 0.6 is 11.3 Å². The van der Waals surface area contributed by atoms with Crippen molar-refractivity contribution in [3.8, 4) is 23.0 Å².